The number of carboxylic acid groups (broad SMARTS) is 1. The van der Waals surface area contributed by atoms with E-state index in [4.69, 9.17) is 10.2 Å². The monoisotopic (exact) mass is 267 g/mol. The first-order chi connectivity index (χ1) is 9.08. The molecule has 104 valence electrons. The number of urea groups is 1. The van der Waals surface area contributed by atoms with Crippen LogP contribution in [0.4, 0.5) is 10.5 Å². The Bertz CT molecular complexity index is 444. The van der Waals surface area contributed by atoms with Gasteiger partial charge in [0, 0.05) is 19.3 Å². The number of amides is 2. The number of pyridine rings is 1. The second kappa shape index (κ2) is 7.32. The van der Waals surface area contributed by atoms with Crippen LogP contribution in [0.25, 0.3) is 0 Å². The van der Waals surface area contributed by atoms with Gasteiger partial charge in [0.05, 0.1) is 24.1 Å². The molecule has 0 saturated heterocycles. The van der Waals surface area contributed by atoms with Gasteiger partial charge in [-0.05, 0) is 12.5 Å². The lowest BCUT2D eigenvalue weighted by Gasteiger charge is -2.21. The molecule has 7 nitrogen and oxygen atoms in total. The minimum Gasteiger partial charge on any atom is -0.478 e. The summed E-state index contributed by atoms with van der Waals surface area (Å²) in [6.07, 6.45) is 3.34. The fourth-order valence-corrected chi connectivity index (χ4v) is 1.53. The van der Waals surface area contributed by atoms with Gasteiger partial charge >= 0.3 is 12.0 Å². The zero-order valence-corrected chi connectivity index (χ0v) is 10.7. The number of nitrogens with zero attached hydrogens (tertiary/aromatic N) is 2. The number of rotatable bonds is 6. The molecule has 0 saturated carbocycles. The van der Waals surface area contributed by atoms with E-state index in [1.54, 1.807) is 0 Å². The highest BCUT2D eigenvalue weighted by Crippen LogP contribution is 2.09. The van der Waals surface area contributed by atoms with Gasteiger partial charge < -0.3 is 20.4 Å². The summed E-state index contributed by atoms with van der Waals surface area (Å²) in [4.78, 5) is 27.9. The van der Waals surface area contributed by atoms with Crippen molar-refractivity contribution in [2.75, 3.05) is 25.0 Å². The standard InChI is InChI=1S/C12H17N3O4/c1-2-3-15(4-5-16)12(19)14-10-6-9(11(17)18)7-13-8-10/h6-8,16H,2-5H2,1H3,(H,14,19)(H,17,18). The minimum absolute atomic E-state index is 0.00185. The number of aromatic carboxylic acids is 1. The Kier molecular flexibility index (Phi) is 5.74. The molecular weight excluding hydrogens is 250 g/mol. The third-order valence-corrected chi connectivity index (χ3v) is 2.39. The highest BCUT2D eigenvalue weighted by atomic mass is 16.4. The lowest BCUT2D eigenvalue weighted by molar-refractivity contribution is 0.0696. The average molecular weight is 267 g/mol. The van der Waals surface area contributed by atoms with Crippen molar-refractivity contribution >= 4 is 17.7 Å². The van der Waals surface area contributed by atoms with Crippen molar-refractivity contribution < 1.29 is 19.8 Å². The number of anilines is 1. The van der Waals surface area contributed by atoms with E-state index in [0.717, 1.165) is 6.42 Å². The van der Waals surface area contributed by atoms with Gasteiger partial charge in [0.15, 0.2) is 0 Å². The molecule has 0 atom stereocenters. The van der Waals surface area contributed by atoms with E-state index < -0.39 is 5.97 Å². The zero-order chi connectivity index (χ0) is 14.3. The van der Waals surface area contributed by atoms with Crippen LogP contribution in [-0.4, -0.2) is 51.8 Å². The van der Waals surface area contributed by atoms with E-state index in [2.05, 4.69) is 10.3 Å². The Morgan fingerprint density at radius 3 is 2.68 bits per heavy atom. The van der Waals surface area contributed by atoms with E-state index in [1.807, 2.05) is 6.92 Å². The van der Waals surface area contributed by atoms with Gasteiger partial charge in [-0.15, -0.1) is 0 Å². The Morgan fingerprint density at radius 1 is 1.37 bits per heavy atom. The molecule has 0 aromatic carbocycles. The van der Waals surface area contributed by atoms with Gasteiger partial charge in [-0.3, -0.25) is 4.98 Å². The molecule has 0 radical (unpaired) electrons. The van der Waals surface area contributed by atoms with Crippen molar-refractivity contribution in [1.82, 2.24) is 9.88 Å². The van der Waals surface area contributed by atoms with Gasteiger partial charge in [-0.1, -0.05) is 6.92 Å². The lowest BCUT2D eigenvalue weighted by atomic mass is 10.2. The van der Waals surface area contributed by atoms with E-state index in [-0.39, 0.29) is 24.7 Å². The molecule has 1 aromatic heterocycles. The van der Waals surface area contributed by atoms with E-state index in [9.17, 15) is 9.59 Å². The van der Waals surface area contributed by atoms with Crippen molar-refractivity contribution in [1.29, 1.82) is 0 Å². The molecule has 3 N–H and O–H groups in total. The maximum Gasteiger partial charge on any atom is 0.337 e. The number of carbonyl (C=O) groups excluding carboxylic acids is 1. The summed E-state index contributed by atoms with van der Waals surface area (Å²) in [5.74, 6) is -1.11. The molecule has 0 aliphatic heterocycles. The Hall–Kier alpha value is -2.15. The van der Waals surface area contributed by atoms with Crippen LogP contribution in [0, 0.1) is 0 Å². The summed E-state index contributed by atoms with van der Waals surface area (Å²) in [7, 11) is 0. The molecule has 1 aromatic rings. The van der Waals surface area contributed by atoms with E-state index in [0.29, 0.717) is 12.2 Å². The van der Waals surface area contributed by atoms with Crippen LogP contribution in [-0.2, 0) is 0 Å². The molecule has 0 spiro atoms. The van der Waals surface area contributed by atoms with Gasteiger partial charge in [-0.2, -0.15) is 0 Å². The van der Waals surface area contributed by atoms with Crippen LogP contribution in [0.15, 0.2) is 18.5 Å². The Labute approximate surface area is 110 Å². The lowest BCUT2D eigenvalue weighted by Crippen LogP contribution is -2.37. The molecule has 1 rings (SSSR count). The fourth-order valence-electron chi connectivity index (χ4n) is 1.53. The average Bonchev–Trinajstić information content (AvgIpc) is 2.38. The summed E-state index contributed by atoms with van der Waals surface area (Å²) in [6, 6.07) is 0.941. The number of carboxylic acids is 1. The smallest absolute Gasteiger partial charge is 0.337 e. The molecule has 0 fully saturated rings. The molecule has 7 heteroatoms. The predicted octanol–water partition coefficient (Wildman–Crippen LogP) is 1.02. The fraction of sp³-hybridized carbons (Fsp3) is 0.417. The SMILES string of the molecule is CCCN(CCO)C(=O)Nc1cncc(C(=O)O)c1. The molecule has 2 amide bonds. The molecule has 0 aliphatic carbocycles. The normalized spacial score (nSPS) is 10.0. The molecule has 0 bridgehead atoms. The van der Waals surface area contributed by atoms with Gasteiger partial charge in [0.25, 0.3) is 0 Å². The summed E-state index contributed by atoms with van der Waals surface area (Å²) in [5, 5.41) is 20.3. The molecule has 1 heterocycles. The largest absolute Gasteiger partial charge is 0.478 e. The Balaban J connectivity index is 2.74. The maximum atomic E-state index is 11.9. The number of aliphatic hydroxyl groups is 1. The summed E-state index contributed by atoms with van der Waals surface area (Å²) in [5.41, 5.74) is 0.311. The third-order valence-electron chi connectivity index (χ3n) is 2.39. The highest BCUT2D eigenvalue weighted by molar-refractivity contribution is 5.92. The molecule has 0 aliphatic rings. The molecular formula is C12H17N3O4. The van der Waals surface area contributed by atoms with Crippen LogP contribution in [0.3, 0.4) is 0 Å². The van der Waals surface area contributed by atoms with Crippen LogP contribution in [0.1, 0.15) is 23.7 Å². The number of carbonyl (C=O) groups is 2. The topological polar surface area (TPSA) is 103 Å². The number of aromatic nitrogens is 1. The number of hydrogen-bond acceptors (Lipinski definition) is 4. The first kappa shape index (κ1) is 14.9. The van der Waals surface area contributed by atoms with Crippen LogP contribution in [0.2, 0.25) is 0 Å². The summed E-state index contributed by atoms with van der Waals surface area (Å²) >= 11 is 0. The molecule has 0 unspecified atom stereocenters. The zero-order valence-electron chi connectivity index (χ0n) is 10.7. The van der Waals surface area contributed by atoms with E-state index in [1.165, 1.54) is 23.4 Å². The number of nitrogens with one attached hydrogen (secondary N) is 1. The van der Waals surface area contributed by atoms with Crippen molar-refractivity contribution in [3.8, 4) is 0 Å². The highest BCUT2D eigenvalue weighted by Gasteiger charge is 2.13. The first-order valence-electron chi connectivity index (χ1n) is 5.93. The molecule has 19 heavy (non-hydrogen) atoms. The van der Waals surface area contributed by atoms with Crippen molar-refractivity contribution in [2.45, 2.75) is 13.3 Å². The van der Waals surface area contributed by atoms with Crippen LogP contribution in [0.5, 0.6) is 0 Å². The quantitative estimate of drug-likeness (QED) is 0.714. The van der Waals surface area contributed by atoms with E-state index >= 15 is 0 Å². The summed E-state index contributed by atoms with van der Waals surface area (Å²) in [6.45, 7) is 2.54. The Morgan fingerprint density at radius 2 is 2.11 bits per heavy atom. The first-order valence-corrected chi connectivity index (χ1v) is 5.93. The van der Waals surface area contributed by atoms with Gasteiger partial charge in [0.1, 0.15) is 0 Å². The number of hydrogen-bond donors (Lipinski definition) is 3. The summed E-state index contributed by atoms with van der Waals surface area (Å²) < 4.78 is 0. The van der Waals surface area contributed by atoms with Crippen LogP contribution >= 0.6 is 0 Å². The van der Waals surface area contributed by atoms with Crippen molar-refractivity contribution in [3.63, 3.8) is 0 Å². The second-order valence-electron chi connectivity index (χ2n) is 3.91. The van der Waals surface area contributed by atoms with Crippen molar-refractivity contribution in [2.24, 2.45) is 0 Å². The number of aliphatic hydroxyl groups excluding tert-OH is 1. The maximum absolute atomic E-state index is 11.9. The van der Waals surface area contributed by atoms with Crippen molar-refractivity contribution in [3.05, 3.63) is 24.0 Å². The van der Waals surface area contributed by atoms with Crippen LogP contribution < -0.4 is 5.32 Å². The predicted molar refractivity (Wildman–Crippen MR) is 69.2 cm³/mol. The minimum atomic E-state index is -1.11. The van der Waals surface area contributed by atoms with Gasteiger partial charge in [-0.25, -0.2) is 9.59 Å². The third kappa shape index (κ3) is 4.55. The second-order valence-corrected chi connectivity index (χ2v) is 3.91. The van der Waals surface area contributed by atoms with Gasteiger partial charge in [0.2, 0.25) is 0 Å².